The molecule has 0 saturated heterocycles. The van der Waals surface area contributed by atoms with Crippen LogP contribution in [0.2, 0.25) is 0 Å². The predicted molar refractivity (Wildman–Crippen MR) is 75.9 cm³/mol. The molecule has 19 heavy (non-hydrogen) atoms. The van der Waals surface area contributed by atoms with E-state index in [1.807, 2.05) is 25.1 Å². The fraction of sp³-hybridized carbons (Fsp3) is 0.308. The lowest BCUT2D eigenvalue weighted by Crippen LogP contribution is -2.24. The standard InChI is InChI=1S/C13H15BrN4O/c1-9-5-10(7-11(14)6-9)13(19)15-4-2-3-12-16-8-17-18-12/h5-8H,2-4H2,1H3,(H,15,19)(H,16,17,18). The van der Waals surface area contributed by atoms with Crippen LogP contribution >= 0.6 is 15.9 Å². The summed E-state index contributed by atoms with van der Waals surface area (Å²) in [5, 5.41) is 9.46. The number of amides is 1. The lowest BCUT2D eigenvalue weighted by molar-refractivity contribution is 0.0953. The van der Waals surface area contributed by atoms with Crippen molar-refractivity contribution in [2.45, 2.75) is 19.8 Å². The molecule has 2 N–H and O–H groups in total. The smallest absolute Gasteiger partial charge is 0.251 e. The first-order valence-corrected chi connectivity index (χ1v) is 6.84. The summed E-state index contributed by atoms with van der Waals surface area (Å²) in [6.45, 7) is 2.58. The van der Waals surface area contributed by atoms with Gasteiger partial charge in [-0.3, -0.25) is 9.89 Å². The first-order chi connectivity index (χ1) is 9.15. The van der Waals surface area contributed by atoms with Gasteiger partial charge in [0.1, 0.15) is 12.2 Å². The van der Waals surface area contributed by atoms with Crippen LogP contribution in [0.5, 0.6) is 0 Å². The van der Waals surface area contributed by atoms with Gasteiger partial charge in [-0.2, -0.15) is 5.10 Å². The molecular weight excluding hydrogens is 308 g/mol. The monoisotopic (exact) mass is 322 g/mol. The zero-order valence-electron chi connectivity index (χ0n) is 10.6. The minimum absolute atomic E-state index is 0.0537. The highest BCUT2D eigenvalue weighted by Crippen LogP contribution is 2.15. The van der Waals surface area contributed by atoms with Gasteiger partial charge in [0.15, 0.2) is 0 Å². The SMILES string of the molecule is Cc1cc(Br)cc(C(=O)NCCCc2ncn[nH]2)c1. The van der Waals surface area contributed by atoms with Gasteiger partial charge in [0.25, 0.3) is 5.91 Å². The lowest BCUT2D eigenvalue weighted by Gasteiger charge is -2.06. The summed E-state index contributed by atoms with van der Waals surface area (Å²) in [4.78, 5) is 16.0. The number of rotatable bonds is 5. The number of aryl methyl sites for hydroxylation is 2. The van der Waals surface area contributed by atoms with Crippen molar-refractivity contribution < 1.29 is 4.79 Å². The van der Waals surface area contributed by atoms with Gasteiger partial charge in [0.2, 0.25) is 0 Å². The summed E-state index contributed by atoms with van der Waals surface area (Å²) in [7, 11) is 0. The molecule has 100 valence electrons. The second-order valence-electron chi connectivity index (χ2n) is 4.31. The molecule has 1 amide bonds. The third-order valence-electron chi connectivity index (χ3n) is 2.65. The molecule has 0 fully saturated rings. The molecule has 2 rings (SSSR count). The van der Waals surface area contributed by atoms with Crippen molar-refractivity contribution in [1.29, 1.82) is 0 Å². The second kappa shape index (κ2) is 6.47. The van der Waals surface area contributed by atoms with Crippen molar-refractivity contribution >= 4 is 21.8 Å². The van der Waals surface area contributed by atoms with Crippen LogP contribution in [0.1, 0.15) is 28.2 Å². The molecule has 0 atom stereocenters. The molecule has 6 heteroatoms. The Labute approximate surface area is 120 Å². The van der Waals surface area contributed by atoms with Gasteiger partial charge in [-0.15, -0.1) is 0 Å². The molecule has 0 aliphatic heterocycles. The molecule has 0 bridgehead atoms. The van der Waals surface area contributed by atoms with Crippen LogP contribution in [-0.4, -0.2) is 27.6 Å². The predicted octanol–water partition coefficient (Wildman–Crippen LogP) is 2.24. The molecule has 1 heterocycles. The van der Waals surface area contributed by atoms with Gasteiger partial charge in [0.05, 0.1) is 0 Å². The fourth-order valence-corrected chi connectivity index (χ4v) is 2.39. The first kappa shape index (κ1) is 13.7. The highest BCUT2D eigenvalue weighted by atomic mass is 79.9. The number of aromatic nitrogens is 3. The third kappa shape index (κ3) is 4.17. The average Bonchev–Trinajstić information content (AvgIpc) is 2.86. The maximum Gasteiger partial charge on any atom is 0.251 e. The van der Waals surface area contributed by atoms with E-state index in [-0.39, 0.29) is 5.91 Å². The summed E-state index contributed by atoms with van der Waals surface area (Å²) in [5.74, 6) is 0.787. The maximum absolute atomic E-state index is 11.9. The molecule has 2 aromatic rings. The van der Waals surface area contributed by atoms with E-state index in [2.05, 4.69) is 36.4 Å². The van der Waals surface area contributed by atoms with Gasteiger partial charge >= 0.3 is 0 Å². The van der Waals surface area contributed by atoms with Gasteiger partial charge in [-0.05, 0) is 37.1 Å². The summed E-state index contributed by atoms with van der Waals surface area (Å²) in [5.41, 5.74) is 1.73. The number of carbonyl (C=O) groups excluding carboxylic acids is 1. The van der Waals surface area contributed by atoms with Crippen LogP contribution in [0.4, 0.5) is 0 Å². The van der Waals surface area contributed by atoms with E-state index in [4.69, 9.17) is 0 Å². The Hall–Kier alpha value is -1.69. The molecule has 5 nitrogen and oxygen atoms in total. The minimum Gasteiger partial charge on any atom is -0.352 e. The summed E-state index contributed by atoms with van der Waals surface area (Å²) in [6.07, 6.45) is 3.09. The Morgan fingerprint density at radius 2 is 2.26 bits per heavy atom. The average molecular weight is 323 g/mol. The lowest BCUT2D eigenvalue weighted by atomic mass is 10.1. The van der Waals surface area contributed by atoms with Crippen molar-refractivity contribution in [3.05, 3.63) is 46.0 Å². The number of carbonyl (C=O) groups is 1. The molecule has 0 saturated carbocycles. The number of hydrogen-bond donors (Lipinski definition) is 2. The van der Waals surface area contributed by atoms with Crippen molar-refractivity contribution in [2.24, 2.45) is 0 Å². The van der Waals surface area contributed by atoms with E-state index in [9.17, 15) is 4.79 Å². The molecular formula is C13H15BrN4O. The van der Waals surface area contributed by atoms with Gasteiger partial charge in [-0.25, -0.2) is 4.98 Å². The van der Waals surface area contributed by atoms with E-state index in [1.165, 1.54) is 6.33 Å². The van der Waals surface area contributed by atoms with Crippen LogP contribution < -0.4 is 5.32 Å². The molecule has 0 unspecified atom stereocenters. The molecule has 1 aromatic heterocycles. The molecule has 1 aromatic carbocycles. The van der Waals surface area contributed by atoms with Crippen LogP contribution in [0.3, 0.4) is 0 Å². The van der Waals surface area contributed by atoms with Crippen LogP contribution in [0, 0.1) is 6.92 Å². The van der Waals surface area contributed by atoms with Crippen molar-refractivity contribution in [3.8, 4) is 0 Å². The van der Waals surface area contributed by atoms with E-state index >= 15 is 0 Å². The number of aromatic amines is 1. The first-order valence-electron chi connectivity index (χ1n) is 6.05. The zero-order chi connectivity index (χ0) is 13.7. The number of nitrogens with zero attached hydrogens (tertiary/aromatic N) is 2. The molecule has 0 aliphatic rings. The topological polar surface area (TPSA) is 70.7 Å². The maximum atomic E-state index is 11.9. The number of halogens is 1. The van der Waals surface area contributed by atoms with E-state index in [1.54, 1.807) is 0 Å². The highest BCUT2D eigenvalue weighted by Gasteiger charge is 2.06. The van der Waals surface area contributed by atoms with E-state index in [0.29, 0.717) is 12.1 Å². The largest absolute Gasteiger partial charge is 0.352 e. The molecule has 0 spiro atoms. The van der Waals surface area contributed by atoms with Crippen molar-refractivity contribution in [1.82, 2.24) is 20.5 Å². The van der Waals surface area contributed by atoms with E-state index < -0.39 is 0 Å². The summed E-state index contributed by atoms with van der Waals surface area (Å²) < 4.78 is 0.916. The van der Waals surface area contributed by atoms with Crippen molar-refractivity contribution in [3.63, 3.8) is 0 Å². The Morgan fingerprint density at radius 3 is 2.95 bits per heavy atom. The fourth-order valence-electron chi connectivity index (χ4n) is 1.78. The summed E-state index contributed by atoms with van der Waals surface area (Å²) >= 11 is 3.39. The van der Waals surface area contributed by atoms with Crippen LogP contribution in [0.25, 0.3) is 0 Å². The number of benzene rings is 1. The Balaban J connectivity index is 1.80. The number of H-pyrrole nitrogens is 1. The molecule has 0 radical (unpaired) electrons. The Bertz CT molecular complexity index is 534. The normalized spacial score (nSPS) is 10.4. The highest BCUT2D eigenvalue weighted by molar-refractivity contribution is 9.10. The molecule has 0 aliphatic carbocycles. The van der Waals surface area contributed by atoms with Gasteiger partial charge in [-0.1, -0.05) is 15.9 Å². The third-order valence-corrected chi connectivity index (χ3v) is 3.10. The van der Waals surface area contributed by atoms with Gasteiger partial charge in [0, 0.05) is 23.0 Å². The number of hydrogen-bond acceptors (Lipinski definition) is 3. The Kier molecular flexibility index (Phi) is 4.68. The quantitative estimate of drug-likeness (QED) is 0.829. The minimum atomic E-state index is -0.0537. The van der Waals surface area contributed by atoms with Gasteiger partial charge < -0.3 is 5.32 Å². The summed E-state index contributed by atoms with van der Waals surface area (Å²) in [6, 6.07) is 5.66. The zero-order valence-corrected chi connectivity index (χ0v) is 12.2. The Morgan fingerprint density at radius 1 is 1.42 bits per heavy atom. The van der Waals surface area contributed by atoms with Crippen LogP contribution in [-0.2, 0) is 6.42 Å². The van der Waals surface area contributed by atoms with Crippen molar-refractivity contribution in [2.75, 3.05) is 6.54 Å². The van der Waals surface area contributed by atoms with Crippen LogP contribution in [0.15, 0.2) is 29.0 Å². The second-order valence-corrected chi connectivity index (χ2v) is 5.22. The van der Waals surface area contributed by atoms with E-state index in [0.717, 1.165) is 28.7 Å². The number of nitrogens with one attached hydrogen (secondary N) is 2.